The summed E-state index contributed by atoms with van der Waals surface area (Å²) in [6.07, 6.45) is 9.10. The Morgan fingerprint density at radius 3 is 2.57 bits per heavy atom. The van der Waals surface area contributed by atoms with E-state index in [2.05, 4.69) is 4.98 Å². The van der Waals surface area contributed by atoms with E-state index in [9.17, 15) is 9.00 Å². The fourth-order valence-electron chi connectivity index (χ4n) is 0.772. The molecule has 78 valence electrons. The summed E-state index contributed by atoms with van der Waals surface area (Å²) in [5, 5.41) is 0. The molecule has 0 atom stereocenters. The Balaban J connectivity index is 0.000000364. The minimum atomic E-state index is -0.611. The quantitative estimate of drug-likeness (QED) is 0.709. The number of aldehydes is 1. The summed E-state index contributed by atoms with van der Waals surface area (Å²) in [7, 11) is -0.611. The Morgan fingerprint density at radius 2 is 2.14 bits per heavy atom. The zero-order chi connectivity index (χ0) is 10.8. The van der Waals surface area contributed by atoms with Crippen LogP contribution in [0.15, 0.2) is 24.5 Å². The van der Waals surface area contributed by atoms with E-state index in [1.54, 1.807) is 24.9 Å². The van der Waals surface area contributed by atoms with Crippen molar-refractivity contribution in [1.82, 2.24) is 4.98 Å². The molecule has 0 bridgehead atoms. The van der Waals surface area contributed by atoms with Crippen molar-refractivity contribution >= 4 is 17.1 Å². The van der Waals surface area contributed by atoms with Gasteiger partial charge < -0.3 is 4.79 Å². The highest BCUT2D eigenvalue weighted by Crippen LogP contribution is 1.97. The van der Waals surface area contributed by atoms with E-state index in [4.69, 9.17) is 0 Å². The smallest absolute Gasteiger partial charge is 0.120 e. The predicted octanol–water partition coefficient (Wildman–Crippen LogP) is 1.21. The maximum absolute atomic E-state index is 9.96. The maximum Gasteiger partial charge on any atom is 0.120 e. The highest BCUT2D eigenvalue weighted by atomic mass is 32.2. The number of hydrogen-bond acceptors (Lipinski definition) is 3. The number of aryl methyl sites for hydroxylation is 1. The van der Waals surface area contributed by atoms with E-state index >= 15 is 0 Å². The molecule has 0 unspecified atom stereocenters. The van der Waals surface area contributed by atoms with Gasteiger partial charge in [0.1, 0.15) is 6.29 Å². The molecule has 14 heavy (non-hydrogen) atoms. The van der Waals surface area contributed by atoms with E-state index in [1.807, 2.05) is 12.1 Å². The second-order valence-electron chi connectivity index (χ2n) is 2.81. The van der Waals surface area contributed by atoms with Crippen molar-refractivity contribution in [3.8, 4) is 0 Å². The van der Waals surface area contributed by atoms with Gasteiger partial charge in [-0.25, -0.2) is 0 Å². The molecule has 0 aliphatic heterocycles. The van der Waals surface area contributed by atoms with Crippen LogP contribution in [-0.2, 0) is 22.0 Å². The standard InChI is InChI=1S/C8H9NO.C2H6OS/c10-6-2-4-8-3-1-5-9-7-8;1-4(2)3/h1,3,5-7H,2,4H2;1-2H3. The molecule has 0 fully saturated rings. The van der Waals surface area contributed by atoms with Gasteiger partial charge >= 0.3 is 0 Å². The molecular formula is C10H15NO2S. The molecule has 1 aromatic heterocycles. The Bertz CT molecular complexity index is 271. The topological polar surface area (TPSA) is 47.0 Å². The zero-order valence-corrected chi connectivity index (χ0v) is 9.29. The fourth-order valence-corrected chi connectivity index (χ4v) is 0.772. The molecule has 1 heterocycles. The number of aromatic nitrogens is 1. The average molecular weight is 213 g/mol. The number of rotatable bonds is 3. The average Bonchev–Trinajstić information content (AvgIpc) is 2.15. The predicted molar refractivity (Wildman–Crippen MR) is 58.6 cm³/mol. The van der Waals surface area contributed by atoms with Gasteiger partial charge in [-0.15, -0.1) is 0 Å². The molecule has 0 saturated heterocycles. The largest absolute Gasteiger partial charge is 0.303 e. The van der Waals surface area contributed by atoms with E-state index in [-0.39, 0.29) is 0 Å². The van der Waals surface area contributed by atoms with Crippen LogP contribution in [0.3, 0.4) is 0 Å². The molecule has 0 spiro atoms. The third-order valence-corrected chi connectivity index (χ3v) is 1.27. The van der Waals surface area contributed by atoms with Crippen molar-refractivity contribution in [2.45, 2.75) is 12.8 Å². The minimum absolute atomic E-state index is 0.589. The summed E-state index contributed by atoms with van der Waals surface area (Å²) in [6, 6.07) is 3.84. The van der Waals surface area contributed by atoms with Gasteiger partial charge in [-0.3, -0.25) is 9.19 Å². The third kappa shape index (κ3) is 9.06. The first-order valence-corrected chi connectivity index (χ1v) is 6.21. The van der Waals surface area contributed by atoms with Gasteiger partial charge in [-0.2, -0.15) is 0 Å². The lowest BCUT2D eigenvalue weighted by atomic mass is 10.2. The van der Waals surface area contributed by atoms with Gasteiger partial charge in [0.15, 0.2) is 0 Å². The molecule has 0 N–H and O–H groups in total. The Morgan fingerprint density at radius 1 is 1.50 bits per heavy atom. The number of carbonyl (C=O) groups excluding carboxylic acids is 1. The lowest BCUT2D eigenvalue weighted by molar-refractivity contribution is -0.107. The van der Waals surface area contributed by atoms with Gasteiger partial charge in [0.25, 0.3) is 0 Å². The Labute approximate surface area is 87.0 Å². The molecule has 0 amide bonds. The van der Waals surface area contributed by atoms with Crippen LogP contribution in [0.25, 0.3) is 0 Å². The normalized spacial score (nSPS) is 9.07. The summed E-state index contributed by atoms with van der Waals surface area (Å²) < 4.78 is 9.56. The van der Waals surface area contributed by atoms with Crippen molar-refractivity contribution in [2.24, 2.45) is 0 Å². The molecule has 0 aliphatic carbocycles. The summed E-state index contributed by atoms with van der Waals surface area (Å²) in [6.45, 7) is 0. The maximum atomic E-state index is 9.96. The lowest BCUT2D eigenvalue weighted by Gasteiger charge is -1.92. The molecular weight excluding hydrogens is 198 g/mol. The van der Waals surface area contributed by atoms with Crippen molar-refractivity contribution in [2.75, 3.05) is 12.5 Å². The molecule has 0 saturated carbocycles. The second-order valence-corrected chi connectivity index (χ2v) is 4.29. The van der Waals surface area contributed by atoms with E-state index in [0.29, 0.717) is 6.42 Å². The van der Waals surface area contributed by atoms with E-state index in [0.717, 1.165) is 18.3 Å². The molecule has 1 aromatic rings. The van der Waals surface area contributed by atoms with Crippen LogP contribution in [0.5, 0.6) is 0 Å². The van der Waals surface area contributed by atoms with E-state index in [1.165, 1.54) is 0 Å². The van der Waals surface area contributed by atoms with Crippen LogP contribution in [0.1, 0.15) is 12.0 Å². The first-order valence-electron chi connectivity index (χ1n) is 4.24. The van der Waals surface area contributed by atoms with Crippen molar-refractivity contribution in [3.63, 3.8) is 0 Å². The fraction of sp³-hybridized carbons (Fsp3) is 0.400. The Kier molecular flexibility index (Phi) is 7.93. The first-order chi connectivity index (χ1) is 6.66. The molecule has 0 aromatic carbocycles. The Hall–Kier alpha value is -1.03. The zero-order valence-electron chi connectivity index (χ0n) is 8.47. The number of carbonyl (C=O) groups is 1. The first kappa shape index (κ1) is 13.0. The van der Waals surface area contributed by atoms with Crippen LogP contribution in [-0.4, -0.2) is 28.0 Å². The molecule has 3 nitrogen and oxygen atoms in total. The molecule has 4 heteroatoms. The summed E-state index contributed by atoms with van der Waals surface area (Å²) in [5.74, 6) is 0. The van der Waals surface area contributed by atoms with Gasteiger partial charge in [-0.05, 0) is 18.1 Å². The number of hydrogen-bond donors (Lipinski definition) is 0. The summed E-state index contributed by atoms with van der Waals surface area (Å²) in [4.78, 5) is 13.9. The highest BCUT2D eigenvalue weighted by molar-refractivity contribution is 7.83. The SMILES string of the molecule is CS(C)=O.O=CCCc1cccnc1. The molecule has 0 radical (unpaired) electrons. The van der Waals surface area contributed by atoms with Crippen molar-refractivity contribution in [3.05, 3.63) is 30.1 Å². The van der Waals surface area contributed by atoms with Gasteiger partial charge in [0.05, 0.1) is 0 Å². The van der Waals surface area contributed by atoms with Gasteiger partial charge in [0.2, 0.25) is 0 Å². The molecule has 1 rings (SSSR count). The van der Waals surface area contributed by atoms with E-state index < -0.39 is 10.8 Å². The van der Waals surface area contributed by atoms with Crippen LogP contribution in [0.2, 0.25) is 0 Å². The lowest BCUT2D eigenvalue weighted by Crippen LogP contribution is -1.85. The minimum Gasteiger partial charge on any atom is -0.303 e. The van der Waals surface area contributed by atoms with Crippen LogP contribution < -0.4 is 0 Å². The van der Waals surface area contributed by atoms with Gasteiger partial charge in [0, 0.05) is 42.1 Å². The summed E-state index contributed by atoms with van der Waals surface area (Å²) in [5.41, 5.74) is 1.12. The number of pyridine rings is 1. The monoisotopic (exact) mass is 213 g/mol. The highest BCUT2D eigenvalue weighted by Gasteiger charge is 1.88. The number of nitrogens with zero attached hydrogens (tertiary/aromatic N) is 1. The van der Waals surface area contributed by atoms with Crippen molar-refractivity contribution in [1.29, 1.82) is 0 Å². The summed E-state index contributed by atoms with van der Waals surface area (Å²) >= 11 is 0. The third-order valence-electron chi connectivity index (χ3n) is 1.27. The van der Waals surface area contributed by atoms with Gasteiger partial charge in [-0.1, -0.05) is 6.07 Å². The molecule has 0 aliphatic rings. The second kappa shape index (κ2) is 8.56. The van der Waals surface area contributed by atoms with Crippen molar-refractivity contribution < 1.29 is 9.00 Å². The van der Waals surface area contributed by atoms with Crippen LogP contribution in [0, 0.1) is 0 Å². The van der Waals surface area contributed by atoms with Crippen LogP contribution >= 0.6 is 0 Å². The van der Waals surface area contributed by atoms with Crippen LogP contribution in [0.4, 0.5) is 0 Å².